The van der Waals surface area contributed by atoms with E-state index in [0.29, 0.717) is 10.9 Å². The summed E-state index contributed by atoms with van der Waals surface area (Å²) in [5.41, 5.74) is 7.27. The summed E-state index contributed by atoms with van der Waals surface area (Å²) < 4.78 is 5.37. The van der Waals surface area contributed by atoms with Crippen LogP contribution in [0.3, 0.4) is 0 Å². The van der Waals surface area contributed by atoms with E-state index in [1.165, 1.54) is 0 Å². The molecule has 0 saturated carbocycles. The van der Waals surface area contributed by atoms with Gasteiger partial charge in [-0.2, -0.15) is 0 Å². The molecule has 6 nitrogen and oxygen atoms in total. The lowest BCUT2D eigenvalue weighted by Crippen LogP contribution is -2.50. The fourth-order valence-electron chi connectivity index (χ4n) is 1.77. The molecule has 2 aromatic carbocycles. The van der Waals surface area contributed by atoms with Crippen molar-refractivity contribution in [2.75, 3.05) is 11.9 Å². The lowest BCUT2D eigenvalue weighted by atomic mass is 10.2. The van der Waals surface area contributed by atoms with Gasteiger partial charge in [-0.15, -0.1) is 0 Å². The van der Waals surface area contributed by atoms with Gasteiger partial charge in [0.05, 0.1) is 0 Å². The van der Waals surface area contributed by atoms with E-state index in [4.69, 9.17) is 29.2 Å². The first kappa shape index (κ1) is 18.6. The number of anilines is 1. The number of aryl methyl sites for hydroxylation is 1. The van der Waals surface area contributed by atoms with Crippen molar-refractivity contribution in [3.05, 3.63) is 60.2 Å². The van der Waals surface area contributed by atoms with Crippen LogP contribution >= 0.6 is 24.4 Å². The number of para-hydroxylation sites is 1. The zero-order chi connectivity index (χ0) is 18.1. The highest BCUT2D eigenvalue weighted by Crippen LogP contribution is 2.10. The predicted octanol–water partition coefficient (Wildman–Crippen LogP) is 2.27. The normalized spacial score (nSPS) is 9.64. The predicted molar refractivity (Wildman–Crippen MR) is 106 cm³/mol. The molecule has 0 atom stereocenters. The van der Waals surface area contributed by atoms with Crippen LogP contribution in [-0.2, 0) is 4.79 Å². The van der Waals surface area contributed by atoms with Crippen LogP contribution in [0.2, 0.25) is 0 Å². The molecule has 130 valence electrons. The number of benzene rings is 2. The Hall–Kier alpha value is -2.71. The first-order valence-corrected chi connectivity index (χ1v) is 8.26. The van der Waals surface area contributed by atoms with Gasteiger partial charge in [-0.1, -0.05) is 35.9 Å². The van der Waals surface area contributed by atoms with E-state index < -0.39 is 0 Å². The summed E-state index contributed by atoms with van der Waals surface area (Å²) in [6.45, 7) is 1.84. The van der Waals surface area contributed by atoms with E-state index in [1.807, 2.05) is 49.4 Å². The molecular formula is C17H18N4O2S2. The van der Waals surface area contributed by atoms with Gasteiger partial charge in [0.15, 0.2) is 16.8 Å². The van der Waals surface area contributed by atoms with Crippen molar-refractivity contribution in [3.8, 4) is 5.75 Å². The van der Waals surface area contributed by atoms with Crippen molar-refractivity contribution in [1.82, 2.24) is 16.2 Å². The van der Waals surface area contributed by atoms with Crippen LogP contribution in [0.4, 0.5) is 5.69 Å². The van der Waals surface area contributed by atoms with E-state index in [2.05, 4.69) is 21.5 Å². The first-order valence-electron chi connectivity index (χ1n) is 7.44. The number of thiocarbonyl (C=S) groups is 2. The third-order valence-corrected chi connectivity index (χ3v) is 3.37. The van der Waals surface area contributed by atoms with Crippen LogP contribution in [-0.4, -0.2) is 22.7 Å². The smallest absolute Gasteiger partial charge is 0.264 e. The van der Waals surface area contributed by atoms with E-state index in [9.17, 15) is 4.79 Å². The van der Waals surface area contributed by atoms with Crippen molar-refractivity contribution in [2.45, 2.75) is 6.92 Å². The molecule has 0 fully saturated rings. The zero-order valence-corrected chi connectivity index (χ0v) is 15.2. The summed E-state index contributed by atoms with van der Waals surface area (Å²) in [5, 5.41) is 5.86. The SMILES string of the molecule is Cc1ccc(OCC(=O)NC(=S)NNC(=S)Nc2ccccc2)cc1. The summed E-state index contributed by atoms with van der Waals surface area (Å²) in [7, 11) is 0. The van der Waals surface area contributed by atoms with Crippen molar-refractivity contribution in [3.63, 3.8) is 0 Å². The molecule has 0 bridgehead atoms. The minimum atomic E-state index is -0.373. The van der Waals surface area contributed by atoms with Crippen LogP contribution in [0, 0.1) is 6.92 Å². The van der Waals surface area contributed by atoms with Gasteiger partial charge in [-0.05, 0) is 55.6 Å². The van der Waals surface area contributed by atoms with Gasteiger partial charge in [0.2, 0.25) is 0 Å². The van der Waals surface area contributed by atoms with Gasteiger partial charge >= 0.3 is 0 Å². The average Bonchev–Trinajstić information content (AvgIpc) is 2.60. The molecule has 2 aromatic rings. The second-order valence-corrected chi connectivity index (χ2v) is 5.87. The highest BCUT2D eigenvalue weighted by molar-refractivity contribution is 7.80. The maximum Gasteiger partial charge on any atom is 0.264 e. The van der Waals surface area contributed by atoms with Crippen LogP contribution in [0.5, 0.6) is 5.75 Å². The molecule has 0 radical (unpaired) electrons. The van der Waals surface area contributed by atoms with E-state index in [1.54, 1.807) is 12.1 Å². The highest BCUT2D eigenvalue weighted by Gasteiger charge is 2.06. The molecule has 0 aromatic heterocycles. The number of hydrogen-bond donors (Lipinski definition) is 4. The van der Waals surface area contributed by atoms with E-state index in [0.717, 1.165) is 11.3 Å². The van der Waals surface area contributed by atoms with E-state index >= 15 is 0 Å². The number of hydrazine groups is 1. The molecule has 0 heterocycles. The Morgan fingerprint density at radius 2 is 1.60 bits per heavy atom. The van der Waals surface area contributed by atoms with Gasteiger partial charge in [-0.3, -0.25) is 21.0 Å². The topological polar surface area (TPSA) is 74.4 Å². The fourth-order valence-corrected chi connectivity index (χ4v) is 2.11. The fraction of sp³-hybridized carbons (Fsp3) is 0.118. The Kier molecular flexibility index (Phi) is 7.12. The van der Waals surface area contributed by atoms with Gasteiger partial charge in [0.25, 0.3) is 5.91 Å². The monoisotopic (exact) mass is 374 g/mol. The maximum absolute atomic E-state index is 11.8. The minimum absolute atomic E-state index is 0.0923. The van der Waals surface area contributed by atoms with Gasteiger partial charge in [0.1, 0.15) is 5.75 Å². The number of amides is 1. The molecule has 0 aliphatic rings. The molecule has 0 spiro atoms. The Labute approximate surface area is 156 Å². The molecule has 0 aliphatic carbocycles. The Morgan fingerprint density at radius 1 is 0.960 bits per heavy atom. The van der Waals surface area contributed by atoms with E-state index in [-0.39, 0.29) is 17.6 Å². The molecule has 2 rings (SSSR count). The molecule has 25 heavy (non-hydrogen) atoms. The first-order chi connectivity index (χ1) is 12.0. The van der Waals surface area contributed by atoms with Crippen LogP contribution < -0.4 is 26.2 Å². The Morgan fingerprint density at radius 3 is 2.28 bits per heavy atom. The van der Waals surface area contributed by atoms with Gasteiger partial charge in [-0.25, -0.2) is 0 Å². The molecule has 8 heteroatoms. The quantitative estimate of drug-likeness (QED) is 0.483. The number of carbonyl (C=O) groups is 1. The van der Waals surface area contributed by atoms with Crippen molar-refractivity contribution >= 4 is 46.3 Å². The average molecular weight is 374 g/mol. The van der Waals surface area contributed by atoms with Crippen LogP contribution in [0.25, 0.3) is 0 Å². The summed E-state index contributed by atoms with van der Waals surface area (Å²) >= 11 is 10.1. The van der Waals surface area contributed by atoms with Crippen molar-refractivity contribution < 1.29 is 9.53 Å². The lowest BCUT2D eigenvalue weighted by Gasteiger charge is -2.14. The third-order valence-electron chi connectivity index (χ3n) is 2.97. The molecule has 1 amide bonds. The standard InChI is InChI=1S/C17H18N4O2S2/c1-12-7-9-14(10-8-12)23-11-15(22)19-17(25)21-20-16(24)18-13-5-3-2-4-6-13/h2-10H,11H2,1H3,(H2,18,20,24)(H2,19,21,22,25). The summed E-state index contributed by atoms with van der Waals surface area (Å²) in [5.74, 6) is 0.243. The summed E-state index contributed by atoms with van der Waals surface area (Å²) in [6, 6.07) is 16.8. The Balaban J connectivity index is 1.66. The number of carbonyl (C=O) groups excluding carboxylic acids is 1. The van der Waals surface area contributed by atoms with Crippen LogP contribution in [0.1, 0.15) is 5.56 Å². The molecule has 4 N–H and O–H groups in total. The van der Waals surface area contributed by atoms with Crippen molar-refractivity contribution in [2.24, 2.45) is 0 Å². The number of hydrogen-bond acceptors (Lipinski definition) is 4. The molecule has 0 aliphatic heterocycles. The molecule has 0 unspecified atom stereocenters. The third kappa shape index (κ3) is 7.15. The largest absolute Gasteiger partial charge is 0.484 e. The number of ether oxygens (including phenoxy) is 1. The second-order valence-electron chi connectivity index (χ2n) is 5.05. The Bertz CT molecular complexity index is 736. The van der Waals surface area contributed by atoms with Crippen LogP contribution in [0.15, 0.2) is 54.6 Å². The lowest BCUT2D eigenvalue weighted by molar-refractivity contribution is -0.121. The summed E-state index contributed by atoms with van der Waals surface area (Å²) in [6.07, 6.45) is 0. The summed E-state index contributed by atoms with van der Waals surface area (Å²) in [4.78, 5) is 11.8. The maximum atomic E-state index is 11.8. The zero-order valence-electron chi connectivity index (χ0n) is 13.5. The molecule has 0 saturated heterocycles. The molecular weight excluding hydrogens is 356 g/mol. The second kappa shape index (κ2) is 9.55. The number of nitrogens with one attached hydrogen (secondary N) is 4. The van der Waals surface area contributed by atoms with Gasteiger partial charge < -0.3 is 10.1 Å². The van der Waals surface area contributed by atoms with Gasteiger partial charge in [0, 0.05) is 5.69 Å². The highest BCUT2D eigenvalue weighted by atomic mass is 32.1. The minimum Gasteiger partial charge on any atom is -0.484 e. The number of rotatable bonds is 4. The van der Waals surface area contributed by atoms with Crippen molar-refractivity contribution in [1.29, 1.82) is 0 Å².